The van der Waals surface area contributed by atoms with Crippen LogP contribution in [0.1, 0.15) is 36.6 Å². The van der Waals surface area contributed by atoms with E-state index >= 15 is 0 Å². The minimum atomic E-state index is -1.18. The number of esters is 3. The molecule has 4 aromatic carbocycles. The van der Waals surface area contributed by atoms with Crippen LogP contribution >= 0.6 is 12.0 Å². The van der Waals surface area contributed by atoms with Gasteiger partial charge in [-0.2, -0.15) is 0 Å². The zero-order valence-electron chi connectivity index (χ0n) is 22.7. The molecule has 9 heteroatoms. The molecule has 4 atom stereocenters. The van der Waals surface area contributed by atoms with E-state index in [-0.39, 0.29) is 6.61 Å². The van der Waals surface area contributed by atoms with Gasteiger partial charge < -0.3 is 18.9 Å². The molecule has 8 nitrogen and oxygen atoms in total. The van der Waals surface area contributed by atoms with Gasteiger partial charge in [0.05, 0.1) is 16.7 Å². The SMILES string of the molecule is Cc1ccc(SO[C@@H]2O[C@H](COC(=O)c3ccccc3)[C@@H](OC(=O)c3ccccc3)[C@H]2OC(=O)c2ccccc2)cc1. The lowest BCUT2D eigenvalue weighted by Crippen LogP contribution is -2.42. The van der Waals surface area contributed by atoms with Gasteiger partial charge >= 0.3 is 17.9 Å². The van der Waals surface area contributed by atoms with Gasteiger partial charge in [0.15, 0.2) is 12.2 Å². The number of rotatable bonds is 10. The Morgan fingerprint density at radius 3 is 1.64 bits per heavy atom. The Balaban J connectivity index is 1.40. The van der Waals surface area contributed by atoms with Gasteiger partial charge in [-0.05, 0) is 55.5 Å². The summed E-state index contributed by atoms with van der Waals surface area (Å²) in [6, 6.07) is 32.9. The van der Waals surface area contributed by atoms with E-state index in [1.54, 1.807) is 91.0 Å². The summed E-state index contributed by atoms with van der Waals surface area (Å²) in [7, 11) is 0. The highest BCUT2D eigenvalue weighted by molar-refractivity contribution is 7.94. The molecule has 1 saturated heterocycles. The van der Waals surface area contributed by atoms with Crippen LogP contribution in [0.5, 0.6) is 0 Å². The summed E-state index contributed by atoms with van der Waals surface area (Å²) in [6.07, 6.45) is -4.48. The maximum absolute atomic E-state index is 13.2. The first-order valence-electron chi connectivity index (χ1n) is 13.3. The zero-order chi connectivity index (χ0) is 29.3. The Morgan fingerprint density at radius 2 is 1.12 bits per heavy atom. The van der Waals surface area contributed by atoms with E-state index in [0.717, 1.165) is 22.5 Å². The highest BCUT2D eigenvalue weighted by Gasteiger charge is 2.51. The van der Waals surface area contributed by atoms with Crippen LogP contribution in [-0.2, 0) is 23.1 Å². The Hall–Kier alpha value is -4.44. The fourth-order valence-electron chi connectivity index (χ4n) is 4.21. The predicted molar refractivity (Wildman–Crippen MR) is 155 cm³/mol. The molecule has 214 valence electrons. The molecular formula is C33H28O8S. The van der Waals surface area contributed by atoms with Crippen molar-refractivity contribution in [3.05, 3.63) is 138 Å². The predicted octanol–water partition coefficient (Wildman–Crippen LogP) is 6.05. The summed E-state index contributed by atoms with van der Waals surface area (Å²) in [5, 5.41) is 0. The first-order chi connectivity index (χ1) is 20.5. The summed E-state index contributed by atoms with van der Waals surface area (Å²) in [4.78, 5) is 39.8. The van der Waals surface area contributed by atoms with Crippen molar-refractivity contribution < 1.29 is 37.5 Å². The first-order valence-corrected chi connectivity index (χ1v) is 14.0. The van der Waals surface area contributed by atoms with Crippen LogP contribution in [0.3, 0.4) is 0 Å². The summed E-state index contributed by atoms with van der Waals surface area (Å²) in [5.74, 6) is -1.89. The second-order valence-corrected chi connectivity index (χ2v) is 10.3. The van der Waals surface area contributed by atoms with Crippen LogP contribution in [0, 0.1) is 6.92 Å². The normalized spacial score (nSPS) is 19.5. The fourth-order valence-corrected chi connectivity index (χ4v) is 4.82. The lowest BCUT2D eigenvalue weighted by atomic mass is 10.1. The van der Waals surface area contributed by atoms with Crippen LogP contribution in [-0.4, -0.2) is 49.1 Å². The van der Waals surface area contributed by atoms with Crippen molar-refractivity contribution >= 4 is 30.0 Å². The van der Waals surface area contributed by atoms with E-state index in [1.807, 2.05) is 31.2 Å². The zero-order valence-corrected chi connectivity index (χ0v) is 23.5. The van der Waals surface area contributed by atoms with Crippen molar-refractivity contribution in [2.45, 2.75) is 36.4 Å². The van der Waals surface area contributed by atoms with Crippen LogP contribution in [0.2, 0.25) is 0 Å². The lowest BCUT2D eigenvalue weighted by molar-refractivity contribution is -0.112. The van der Waals surface area contributed by atoms with Gasteiger partial charge in [0.25, 0.3) is 0 Å². The third-order valence-electron chi connectivity index (χ3n) is 6.42. The van der Waals surface area contributed by atoms with Crippen molar-refractivity contribution in [1.82, 2.24) is 0 Å². The van der Waals surface area contributed by atoms with Gasteiger partial charge in [-0.25, -0.2) is 14.4 Å². The van der Waals surface area contributed by atoms with E-state index in [9.17, 15) is 14.4 Å². The Labute approximate surface area is 247 Å². The molecule has 0 amide bonds. The quantitative estimate of drug-likeness (QED) is 0.125. The molecular weight excluding hydrogens is 556 g/mol. The molecule has 0 N–H and O–H groups in total. The van der Waals surface area contributed by atoms with Crippen molar-refractivity contribution in [3.63, 3.8) is 0 Å². The number of aryl methyl sites for hydroxylation is 1. The van der Waals surface area contributed by atoms with E-state index < -0.39 is 42.5 Å². The standard InChI is InChI=1S/C33H28O8S/c1-22-17-19-26(20-18-22)42-41-33-29(40-32(36)25-15-9-4-10-16-25)28(39-31(35)24-13-7-3-8-14-24)27(38-33)21-37-30(34)23-11-5-2-6-12-23/h2-20,27-29,33H,21H2,1H3/t27-,28-,29-,33+/m1/s1. The molecule has 5 rings (SSSR count). The third kappa shape index (κ3) is 7.44. The van der Waals surface area contributed by atoms with E-state index in [0.29, 0.717) is 16.7 Å². The number of carbonyl (C=O) groups excluding carboxylic acids is 3. The summed E-state index contributed by atoms with van der Waals surface area (Å²) in [5.41, 5.74) is 2.03. The molecule has 1 aliphatic rings. The molecule has 0 unspecified atom stereocenters. The second-order valence-electron chi connectivity index (χ2n) is 9.47. The third-order valence-corrected chi connectivity index (χ3v) is 7.17. The number of hydrogen-bond acceptors (Lipinski definition) is 9. The Morgan fingerprint density at radius 1 is 0.643 bits per heavy atom. The molecule has 4 aromatic rings. The monoisotopic (exact) mass is 584 g/mol. The first kappa shape index (κ1) is 29.1. The van der Waals surface area contributed by atoms with Gasteiger partial charge in [-0.1, -0.05) is 72.3 Å². The Kier molecular flexibility index (Phi) is 9.66. The van der Waals surface area contributed by atoms with Gasteiger partial charge in [0.2, 0.25) is 6.29 Å². The average molecular weight is 585 g/mol. The molecule has 1 heterocycles. The van der Waals surface area contributed by atoms with Gasteiger partial charge in [0.1, 0.15) is 12.7 Å². The van der Waals surface area contributed by atoms with Crippen molar-refractivity contribution in [3.8, 4) is 0 Å². The molecule has 0 aliphatic carbocycles. The number of benzene rings is 4. The highest BCUT2D eigenvalue weighted by Crippen LogP contribution is 2.34. The van der Waals surface area contributed by atoms with Crippen LogP contribution in [0.15, 0.2) is 120 Å². The molecule has 0 radical (unpaired) electrons. The second kappa shape index (κ2) is 14.0. The fraction of sp³-hybridized carbons (Fsp3) is 0.182. The number of carbonyl (C=O) groups is 3. The van der Waals surface area contributed by atoms with Crippen LogP contribution in [0.4, 0.5) is 0 Å². The van der Waals surface area contributed by atoms with E-state index in [1.165, 1.54) is 0 Å². The van der Waals surface area contributed by atoms with Crippen molar-refractivity contribution in [2.75, 3.05) is 6.61 Å². The largest absolute Gasteiger partial charge is 0.459 e. The molecule has 1 aliphatic heterocycles. The highest BCUT2D eigenvalue weighted by atomic mass is 32.2. The molecule has 42 heavy (non-hydrogen) atoms. The van der Waals surface area contributed by atoms with Gasteiger partial charge in [-0.15, -0.1) is 0 Å². The van der Waals surface area contributed by atoms with Crippen LogP contribution in [0.25, 0.3) is 0 Å². The Bertz CT molecular complexity index is 1480. The molecule has 0 spiro atoms. The minimum Gasteiger partial charge on any atom is -0.459 e. The number of hydrogen-bond donors (Lipinski definition) is 0. The van der Waals surface area contributed by atoms with E-state index in [4.69, 9.17) is 23.1 Å². The van der Waals surface area contributed by atoms with Gasteiger partial charge in [0, 0.05) is 16.9 Å². The molecule has 0 bridgehead atoms. The topological polar surface area (TPSA) is 97.4 Å². The van der Waals surface area contributed by atoms with Gasteiger partial charge in [-0.3, -0.25) is 4.18 Å². The molecule has 1 fully saturated rings. The maximum Gasteiger partial charge on any atom is 0.338 e. The van der Waals surface area contributed by atoms with E-state index in [2.05, 4.69) is 0 Å². The molecule has 0 aromatic heterocycles. The summed E-state index contributed by atoms with van der Waals surface area (Å²) >= 11 is 1.03. The minimum absolute atomic E-state index is 0.283. The smallest absolute Gasteiger partial charge is 0.338 e. The maximum atomic E-state index is 13.2. The lowest BCUT2D eigenvalue weighted by Gasteiger charge is -2.24. The van der Waals surface area contributed by atoms with Crippen molar-refractivity contribution in [2.24, 2.45) is 0 Å². The summed E-state index contributed by atoms with van der Waals surface area (Å²) < 4.78 is 29.4. The average Bonchev–Trinajstić information content (AvgIpc) is 3.35. The van der Waals surface area contributed by atoms with Crippen molar-refractivity contribution in [1.29, 1.82) is 0 Å². The van der Waals surface area contributed by atoms with Crippen LogP contribution < -0.4 is 0 Å². The molecule has 0 saturated carbocycles. The number of ether oxygens (including phenoxy) is 4. The summed E-state index contributed by atoms with van der Waals surface area (Å²) in [6.45, 7) is 1.69.